The Labute approximate surface area is 191 Å². The van der Waals surface area contributed by atoms with Gasteiger partial charge in [0.15, 0.2) is 0 Å². The van der Waals surface area contributed by atoms with Crippen molar-refractivity contribution < 1.29 is 4.79 Å². The van der Waals surface area contributed by atoms with E-state index in [0.717, 1.165) is 35.1 Å². The molecule has 1 aliphatic heterocycles. The molecule has 2 aliphatic carbocycles. The van der Waals surface area contributed by atoms with Crippen LogP contribution in [0.15, 0.2) is 57.5 Å². The van der Waals surface area contributed by atoms with Crippen LogP contribution in [0.4, 0.5) is 0 Å². The van der Waals surface area contributed by atoms with Gasteiger partial charge in [0, 0.05) is 27.4 Å². The molecule has 3 fully saturated rings. The Morgan fingerprint density at radius 1 is 0.931 bits per heavy atom. The lowest BCUT2D eigenvalue weighted by Crippen LogP contribution is -2.29. The highest BCUT2D eigenvalue weighted by atomic mass is 79.9. The summed E-state index contributed by atoms with van der Waals surface area (Å²) in [6.07, 6.45) is 6.29. The number of benzene rings is 2. The van der Waals surface area contributed by atoms with E-state index in [0.29, 0.717) is 5.92 Å². The molecule has 0 bridgehead atoms. The second-order valence-electron chi connectivity index (χ2n) is 8.83. The van der Waals surface area contributed by atoms with Crippen molar-refractivity contribution in [1.29, 1.82) is 0 Å². The number of nitrogens with zero attached hydrogens (tertiary/aromatic N) is 1. The Morgan fingerprint density at radius 2 is 1.52 bits per heavy atom. The van der Waals surface area contributed by atoms with E-state index in [9.17, 15) is 4.79 Å². The van der Waals surface area contributed by atoms with Crippen molar-refractivity contribution in [3.63, 3.8) is 0 Å². The number of aldehydes is 1. The van der Waals surface area contributed by atoms with E-state index in [1.807, 2.05) is 12.1 Å². The molecule has 4 heteroatoms. The SMILES string of the molecule is C[C@H]1CCCN1C[C@H]1C[C@@H]1c1ccc(Br)cc1.O=C[C@H]1C[C@@H]1c1ccc(Br)cc1. The summed E-state index contributed by atoms with van der Waals surface area (Å²) in [6, 6.07) is 17.9. The third-order valence-corrected chi connectivity index (χ3v) is 7.75. The lowest BCUT2D eigenvalue weighted by atomic mass is 10.1. The van der Waals surface area contributed by atoms with Gasteiger partial charge in [-0.1, -0.05) is 56.1 Å². The first-order valence-corrected chi connectivity index (χ1v) is 12.3. The van der Waals surface area contributed by atoms with Gasteiger partial charge >= 0.3 is 0 Å². The molecule has 0 N–H and O–H groups in total. The van der Waals surface area contributed by atoms with Crippen LogP contribution in [0, 0.1) is 11.8 Å². The zero-order valence-corrected chi connectivity index (χ0v) is 20.1. The minimum absolute atomic E-state index is 0.283. The second kappa shape index (κ2) is 9.45. The van der Waals surface area contributed by atoms with Crippen LogP contribution in [-0.2, 0) is 4.79 Å². The molecule has 2 nitrogen and oxygen atoms in total. The fourth-order valence-electron chi connectivity index (χ4n) is 4.59. The van der Waals surface area contributed by atoms with Crippen molar-refractivity contribution in [3.8, 4) is 0 Å². The summed E-state index contributed by atoms with van der Waals surface area (Å²) in [5.74, 6) is 2.52. The fraction of sp³-hybridized carbons (Fsp3) is 0.480. The zero-order chi connectivity index (χ0) is 20.4. The van der Waals surface area contributed by atoms with Gasteiger partial charge in [-0.15, -0.1) is 0 Å². The van der Waals surface area contributed by atoms with Crippen LogP contribution in [-0.4, -0.2) is 30.3 Å². The molecule has 3 aliphatic rings. The maximum Gasteiger partial charge on any atom is 0.123 e. The number of rotatable bonds is 5. The van der Waals surface area contributed by atoms with Gasteiger partial charge in [0.25, 0.3) is 0 Å². The summed E-state index contributed by atoms with van der Waals surface area (Å²) in [7, 11) is 0. The molecule has 0 aromatic heterocycles. The normalized spacial score (nSPS) is 30.4. The zero-order valence-electron chi connectivity index (χ0n) is 16.9. The number of carbonyl (C=O) groups excluding carboxylic acids is 1. The summed E-state index contributed by atoms with van der Waals surface area (Å²) in [6.45, 7) is 5.02. The number of hydrogen-bond acceptors (Lipinski definition) is 2. The Hall–Kier alpha value is -0.970. The highest BCUT2D eigenvalue weighted by Gasteiger charge is 2.40. The molecule has 2 aromatic carbocycles. The predicted octanol–water partition coefficient (Wildman–Crippen LogP) is 6.79. The molecule has 0 radical (unpaired) electrons. The highest BCUT2D eigenvalue weighted by Crippen LogP contribution is 2.48. The number of hydrogen-bond donors (Lipinski definition) is 0. The minimum atomic E-state index is 0.283. The average Bonchev–Trinajstić information content (AvgIpc) is 3.63. The first-order chi connectivity index (χ1) is 14.0. The molecule has 0 spiro atoms. The third kappa shape index (κ3) is 5.59. The Kier molecular flexibility index (Phi) is 6.93. The molecule has 2 saturated carbocycles. The molecule has 1 heterocycles. The molecule has 5 rings (SSSR count). The number of likely N-dealkylation sites (tertiary alicyclic amines) is 1. The number of halogens is 2. The standard InChI is InChI=1S/C15H20BrN.C10H9BrO/c1-11-3-2-8-17(11)10-13-9-15(13)12-4-6-14(16)7-5-12;11-9-3-1-7(2-4-9)10-5-8(10)6-12/h4-7,11,13,15H,2-3,8-10H2,1H3;1-4,6,8,10H,5H2/t11-,13+,15+;8-,10-/m01/s1. The van der Waals surface area contributed by atoms with E-state index in [2.05, 4.69) is 80.1 Å². The fourth-order valence-corrected chi connectivity index (χ4v) is 5.12. The molecule has 0 amide bonds. The predicted molar refractivity (Wildman–Crippen MR) is 126 cm³/mol. The van der Waals surface area contributed by atoms with E-state index in [4.69, 9.17) is 0 Å². The largest absolute Gasteiger partial charge is 0.303 e. The first kappa shape index (κ1) is 21.3. The van der Waals surface area contributed by atoms with Gasteiger partial charge in [0.05, 0.1) is 0 Å². The molecule has 0 unspecified atom stereocenters. The van der Waals surface area contributed by atoms with E-state index in [1.54, 1.807) is 0 Å². The van der Waals surface area contributed by atoms with Gasteiger partial charge in [-0.25, -0.2) is 0 Å². The molecule has 29 heavy (non-hydrogen) atoms. The van der Waals surface area contributed by atoms with Gasteiger partial charge in [-0.05, 0) is 92.3 Å². The van der Waals surface area contributed by atoms with Crippen molar-refractivity contribution in [3.05, 3.63) is 68.6 Å². The molecule has 2 aromatic rings. The Morgan fingerprint density at radius 3 is 2.00 bits per heavy atom. The molecule has 154 valence electrons. The van der Waals surface area contributed by atoms with Crippen molar-refractivity contribution in [2.75, 3.05) is 13.1 Å². The lowest BCUT2D eigenvalue weighted by molar-refractivity contribution is -0.108. The Balaban J connectivity index is 0.000000150. The maximum atomic E-state index is 10.4. The monoisotopic (exact) mass is 517 g/mol. The van der Waals surface area contributed by atoms with Gasteiger partial charge in [-0.3, -0.25) is 0 Å². The first-order valence-electron chi connectivity index (χ1n) is 10.8. The van der Waals surface area contributed by atoms with Gasteiger partial charge in [-0.2, -0.15) is 0 Å². The topological polar surface area (TPSA) is 20.3 Å². The van der Waals surface area contributed by atoms with E-state index < -0.39 is 0 Å². The molecular formula is C25H29Br2NO. The van der Waals surface area contributed by atoms with Crippen molar-refractivity contribution in [2.45, 2.75) is 50.5 Å². The maximum absolute atomic E-state index is 10.4. The van der Waals surface area contributed by atoms with Crippen molar-refractivity contribution >= 4 is 38.1 Å². The van der Waals surface area contributed by atoms with E-state index in [-0.39, 0.29) is 5.92 Å². The van der Waals surface area contributed by atoms with E-state index in [1.165, 1.54) is 48.0 Å². The molecule has 5 atom stereocenters. The quantitative estimate of drug-likeness (QED) is 0.406. The molecular weight excluding hydrogens is 490 g/mol. The van der Waals surface area contributed by atoms with Crippen LogP contribution in [0.2, 0.25) is 0 Å². The highest BCUT2D eigenvalue weighted by molar-refractivity contribution is 9.10. The third-order valence-electron chi connectivity index (χ3n) is 6.69. The van der Waals surface area contributed by atoms with Crippen molar-refractivity contribution in [1.82, 2.24) is 4.90 Å². The summed E-state index contributed by atoms with van der Waals surface area (Å²) in [5, 5.41) is 0. The van der Waals surface area contributed by atoms with E-state index >= 15 is 0 Å². The van der Waals surface area contributed by atoms with Gasteiger partial charge < -0.3 is 9.69 Å². The molecule has 1 saturated heterocycles. The minimum Gasteiger partial charge on any atom is -0.303 e. The van der Waals surface area contributed by atoms with Crippen LogP contribution >= 0.6 is 31.9 Å². The van der Waals surface area contributed by atoms with Crippen LogP contribution in [0.3, 0.4) is 0 Å². The van der Waals surface area contributed by atoms with Crippen LogP contribution in [0.1, 0.15) is 55.6 Å². The van der Waals surface area contributed by atoms with Gasteiger partial charge in [0.1, 0.15) is 6.29 Å². The number of carbonyl (C=O) groups is 1. The van der Waals surface area contributed by atoms with Crippen LogP contribution < -0.4 is 0 Å². The smallest absolute Gasteiger partial charge is 0.123 e. The second-order valence-corrected chi connectivity index (χ2v) is 10.7. The average molecular weight is 519 g/mol. The summed E-state index contributed by atoms with van der Waals surface area (Å²) in [4.78, 5) is 13.1. The summed E-state index contributed by atoms with van der Waals surface area (Å²) < 4.78 is 2.28. The van der Waals surface area contributed by atoms with Gasteiger partial charge in [0.2, 0.25) is 0 Å². The van der Waals surface area contributed by atoms with Crippen LogP contribution in [0.25, 0.3) is 0 Å². The lowest BCUT2D eigenvalue weighted by Gasteiger charge is -2.20. The summed E-state index contributed by atoms with van der Waals surface area (Å²) >= 11 is 6.88. The summed E-state index contributed by atoms with van der Waals surface area (Å²) in [5.41, 5.74) is 2.82. The van der Waals surface area contributed by atoms with Crippen molar-refractivity contribution in [2.24, 2.45) is 11.8 Å². The van der Waals surface area contributed by atoms with Crippen LogP contribution in [0.5, 0.6) is 0 Å². The Bertz CT molecular complexity index is 820.